The molecule has 0 aromatic carbocycles. The van der Waals surface area contributed by atoms with Gasteiger partial charge in [-0.3, -0.25) is 9.48 Å². The van der Waals surface area contributed by atoms with Crippen LogP contribution in [0.3, 0.4) is 0 Å². The van der Waals surface area contributed by atoms with Gasteiger partial charge in [0, 0.05) is 41.5 Å². The third-order valence-electron chi connectivity index (χ3n) is 4.41. The average molecular weight is 365 g/mol. The molecule has 0 spiro atoms. The fourth-order valence-electron chi connectivity index (χ4n) is 3.18. The molecule has 0 radical (unpaired) electrons. The molecule has 1 aliphatic rings. The van der Waals surface area contributed by atoms with Crippen molar-refractivity contribution in [3.63, 3.8) is 0 Å². The fourth-order valence-corrected chi connectivity index (χ4v) is 4.14. The number of nitrogens with zero attached hydrogens (tertiary/aromatic N) is 2. The first-order valence-corrected chi connectivity index (χ1v) is 10.5. The van der Waals surface area contributed by atoms with Crippen LogP contribution in [0.2, 0.25) is 0 Å². The predicted molar refractivity (Wildman–Crippen MR) is 101 cm³/mol. The normalized spacial score (nSPS) is 16.8. The summed E-state index contributed by atoms with van der Waals surface area (Å²) < 4.78 is 1.88. The van der Waals surface area contributed by atoms with E-state index in [1.54, 1.807) is 11.3 Å². The zero-order valence-corrected chi connectivity index (χ0v) is 15.8. The Hall–Kier alpha value is -1.31. The molecule has 130 valence electrons. The Morgan fingerprint density at radius 3 is 3.17 bits per heavy atom. The lowest BCUT2D eigenvalue weighted by atomic mass is 9.91. The average Bonchev–Trinajstić information content (AvgIpc) is 3.21. The Labute approximate surface area is 151 Å². The van der Waals surface area contributed by atoms with E-state index >= 15 is 0 Å². The van der Waals surface area contributed by atoms with Crippen LogP contribution in [0.5, 0.6) is 0 Å². The number of aryl methyl sites for hydroxylation is 1. The van der Waals surface area contributed by atoms with Crippen LogP contribution in [0, 0.1) is 0 Å². The van der Waals surface area contributed by atoms with E-state index in [4.69, 9.17) is 0 Å². The van der Waals surface area contributed by atoms with E-state index in [9.17, 15) is 4.79 Å². The molecule has 0 bridgehead atoms. The molecule has 0 saturated carbocycles. The maximum Gasteiger partial charge on any atom is 0.272 e. The van der Waals surface area contributed by atoms with Gasteiger partial charge in [0.25, 0.3) is 5.91 Å². The van der Waals surface area contributed by atoms with E-state index in [-0.39, 0.29) is 5.91 Å². The minimum Gasteiger partial charge on any atom is -0.346 e. The van der Waals surface area contributed by atoms with Crippen molar-refractivity contribution in [3.8, 4) is 0 Å². The summed E-state index contributed by atoms with van der Waals surface area (Å²) in [6.07, 6.45) is 5.10. The summed E-state index contributed by atoms with van der Waals surface area (Å²) in [4.78, 5) is 13.7. The molecule has 1 atom stereocenters. The number of carbonyl (C=O) groups is 1. The Morgan fingerprint density at radius 1 is 1.54 bits per heavy atom. The van der Waals surface area contributed by atoms with E-state index in [1.165, 1.54) is 5.69 Å². The number of hydrogen-bond acceptors (Lipinski definition) is 5. The number of amides is 1. The topological polar surface area (TPSA) is 59.0 Å². The second kappa shape index (κ2) is 8.18. The van der Waals surface area contributed by atoms with Crippen molar-refractivity contribution in [1.82, 2.24) is 20.4 Å². The van der Waals surface area contributed by atoms with Gasteiger partial charge in [-0.05, 0) is 37.0 Å². The van der Waals surface area contributed by atoms with E-state index in [1.807, 2.05) is 41.0 Å². The van der Waals surface area contributed by atoms with Gasteiger partial charge in [-0.15, -0.1) is 11.3 Å². The van der Waals surface area contributed by atoms with Gasteiger partial charge in [0.15, 0.2) is 5.69 Å². The molecule has 1 unspecified atom stereocenters. The molecule has 2 heterocycles. The van der Waals surface area contributed by atoms with Crippen LogP contribution >= 0.6 is 23.1 Å². The first-order chi connectivity index (χ1) is 11.7. The van der Waals surface area contributed by atoms with Crippen LogP contribution in [0.25, 0.3) is 0 Å². The van der Waals surface area contributed by atoms with Crippen LogP contribution in [0.4, 0.5) is 0 Å². The number of carbonyl (C=O) groups excluding carboxylic acids is 1. The van der Waals surface area contributed by atoms with E-state index in [0.29, 0.717) is 18.3 Å². The van der Waals surface area contributed by atoms with E-state index < -0.39 is 0 Å². The number of nitrogens with one attached hydrogen (secondary N) is 2. The lowest BCUT2D eigenvalue weighted by molar-refractivity contribution is 0.0944. The molecule has 2 aromatic heterocycles. The van der Waals surface area contributed by atoms with Crippen molar-refractivity contribution in [3.05, 3.63) is 39.3 Å². The Balaban J connectivity index is 1.67. The summed E-state index contributed by atoms with van der Waals surface area (Å²) in [6, 6.07) is 4.47. The van der Waals surface area contributed by atoms with Gasteiger partial charge in [0.1, 0.15) is 0 Å². The second-order valence-electron chi connectivity index (χ2n) is 6.05. The fraction of sp³-hybridized carbons (Fsp3) is 0.529. The van der Waals surface area contributed by atoms with Crippen molar-refractivity contribution in [1.29, 1.82) is 0 Å². The number of hydrogen-bond donors (Lipinski definition) is 2. The van der Waals surface area contributed by atoms with Crippen molar-refractivity contribution < 1.29 is 4.79 Å². The lowest BCUT2D eigenvalue weighted by Gasteiger charge is -2.24. The van der Waals surface area contributed by atoms with Crippen LogP contribution in [-0.2, 0) is 26.4 Å². The first-order valence-electron chi connectivity index (χ1n) is 8.26. The summed E-state index contributed by atoms with van der Waals surface area (Å²) in [5, 5.41) is 13.1. The van der Waals surface area contributed by atoms with Crippen molar-refractivity contribution in [2.45, 2.75) is 31.8 Å². The molecule has 5 nitrogen and oxygen atoms in total. The Bertz CT molecular complexity index is 681. The molecule has 2 aromatic rings. The summed E-state index contributed by atoms with van der Waals surface area (Å²) in [6.45, 7) is 1.58. The molecule has 7 heteroatoms. The third-order valence-corrected chi connectivity index (χ3v) is 5.90. The quantitative estimate of drug-likeness (QED) is 0.740. The number of rotatable bonds is 7. The minimum absolute atomic E-state index is 0.0648. The third kappa shape index (κ3) is 4.02. The number of fused-ring (bicyclic) bond motifs is 1. The molecule has 0 fully saturated rings. The predicted octanol–water partition coefficient (Wildman–Crippen LogP) is 2.22. The lowest BCUT2D eigenvalue weighted by Crippen LogP contribution is -2.36. The highest BCUT2D eigenvalue weighted by Gasteiger charge is 2.27. The van der Waals surface area contributed by atoms with Gasteiger partial charge >= 0.3 is 0 Å². The largest absolute Gasteiger partial charge is 0.346 e. The van der Waals surface area contributed by atoms with Gasteiger partial charge in [0.05, 0.1) is 6.54 Å². The van der Waals surface area contributed by atoms with Gasteiger partial charge in [-0.25, -0.2) is 0 Å². The first kappa shape index (κ1) is 17.5. The highest BCUT2D eigenvalue weighted by molar-refractivity contribution is 7.98. The minimum atomic E-state index is -0.0648. The van der Waals surface area contributed by atoms with Crippen LogP contribution in [-0.4, -0.2) is 40.3 Å². The molecule has 3 rings (SSSR count). The van der Waals surface area contributed by atoms with Crippen molar-refractivity contribution in [2.75, 3.05) is 18.6 Å². The van der Waals surface area contributed by atoms with Crippen molar-refractivity contribution >= 4 is 29.0 Å². The Morgan fingerprint density at radius 2 is 2.42 bits per heavy atom. The monoisotopic (exact) mass is 364 g/mol. The molecule has 24 heavy (non-hydrogen) atoms. The highest BCUT2D eigenvalue weighted by atomic mass is 32.2. The molecule has 1 amide bonds. The summed E-state index contributed by atoms with van der Waals surface area (Å²) in [5.74, 6) is 1.05. The van der Waals surface area contributed by atoms with E-state index in [2.05, 4.69) is 22.0 Å². The van der Waals surface area contributed by atoms with Crippen molar-refractivity contribution in [2.24, 2.45) is 7.05 Å². The summed E-state index contributed by atoms with van der Waals surface area (Å²) in [7, 11) is 1.94. The van der Waals surface area contributed by atoms with Gasteiger partial charge in [-0.2, -0.15) is 16.9 Å². The SMILES string of the molecule is CSCCNC1CCc2c(c(C(=O)NCc3cccs3)nn2C)C1. The smallest absolute Gasteiger partial charge is 0.272 e. The number of thioether (sulfide) groups is 1. The standard InChI is InChI=1S/C17H24N4OS2/c1-21-15-6-5-12(18-7-9-23-2)10-14(15)16(20-21)17(22)19-11-13-4-3-8-24-13/h3-4,8,12,18H,5-7,9-11H2,1-2H3,(H,19,22). The summed E-state index contributed by atoms with van der Waals surface area (Å²) in [5.41, 5.74) is 2.92. The molecular formula is C17H24N4OS2. The maximum atomic E-state index is 12.6. The Kier molecular flexibility index (Phi) is 5.97. The zero-order valence-electron chi connectivity index (χ0n) is 14.2. The van der Waals surface area contributed by atoms with Crippen LogP contribution in [0.15, 0.2) is 17.5 Å². The molecule has 2 N–H and O–H groups in total. The van der Waals surface area contributed by atoms with Crippen LogP contribution in [0.1, 0.15) is 33.0 Å². The zero-order chi connectivity index (χ0) is 16.9. The number of thiophene rings is 1. The molecule has 0 saturated heterocycles. The second-order valence-corrected chi connectivity index (χ2v) is 8.06. The number of aromatic nitrogens is 2. The molecular weight excluding hydrogens is 340 g/mol. The van der Waals surface area contributed by atoms with E-state index in [0.717, 1.165) is 42.0 Å². The summed E-state index contributed by atoms with van der Waals surface area (Å²) >= 11 is 3.50. The van der Waals surface area contributed by atoms with Crippen LogP contribution < -0.4 is 10.6 Å². The molecule has 0 aliphatic heterocycles. The highest BCUT2D eigenvalue weighted by Crippen LogP contribution is 2.24. The molecule has 1 aliphatic carbocycles. The van der Waals surface area contributed by atoms with Gasteiger partial charge < -0.3 is 10.6 Å². The van der Waals surface area contributed by atoms with Gasteiger partial charge in [0.2, 0.25) is 0 Å². The van der Waals surface area contributed by atoms with Gasteiger partial charge in [-0.1, -0.05) is 6.07 Å². The maximum absolute atomic E-state index is 12.6.